The Kier molecular flexibility index (Phi) is 5.71. The van der Waals surface area contributed by atoms with Crippen LogP contribution in [0, 0.1) is 18.3 Å². The van der Waals surface area contributed by atoms with Crippen LogP contribution < -0.4 is 5.32 Å². The molecule has 1 aromatic rings. The second-order valence-electron chi connectivity index (χ2n) is 4.95. The number of thioether (sulfide) groups is 1. The molecule has 1 rings (SSSR count). The monoisotopic (exact) mass is 262 g/mol. The number of nitriles is 1. The molecule has 0 saturated carbocycles. The van der Waals surface area contributed by atoms with Crippen LogP contribution in [0.4, 0.5) is 0 Å². The largest absolute Gasteiger partial charge is 0.303 e. The molecule has 0 aromatic heterocycles. The summed E-state index contributed by atoms with van der Waals surface area (Å²) < 4.78 is 0. The SMILES string of the molecule is CNC(C)(C#N)CC(C)SCc1ccccc1C. The summed E-state index contributed by atoms with van der Waals surface area (Å²) in [7, 11) is 1.85. The van der Waals surface area contributed by atoms with Crippen molar-refractivity contribution in [2.24, 2.45) is 0 Å². The van der Waals surface area contributed by atoms with Crippen LogP contribution in [0.1, 0.15) is 31.4 Å². The molecule has 0 spiro atoms. The highest BCUT2D eigenvalue weighted by Crippen LogP contribution is 2.25. The van der Waals surface area contributed by atoms with Crippen LogP contribution in [-0.4, -0.2) is 17.8 Å². The molecule has 0 bridgehead atoms. The number of aryl methyl sites for hydroxylation is 1. The van der Waals surface area contributed by atoms with Gasteiger partial charge in [-0.05, 0) is 38.4 Å². The third-order valence-electron chi connectivity index (χ3n) is 3.28. The van der Waals surface area contributed by atoms with Gasteiger partial charge in [-0.2, -0.15) is 17.0 Å². The molecule has 2 nitrogen and oxygen atoms in total. The Morgan fingerprint density at radius 1 is 1.44 bits per heavy atom. The predicted molar refractivity (Wildman–Crippen MR) is 79.6 cm³/mol. The Hall–Kier alpha value is -0.980. The summed E-state index contributed by atoms with van der Waals surface area (Å²) in [5, 5.41) is 12.7. The van der Waals surface area contributed by atoms with E-state index in [0.29, 0.717) is 5.25 Å². The number of benzene rings is 1. The first-order valence-corrected chi connectivity index (χ1v) is 7.32. The van der Waals surface area contributed by atoms with E-state index in [2.05, 4.69) is 49.5 Å². The molecule has 2 unspecified atom stereocenters. The molecule has 98 valence electrons. The van der Waals surface area contributed by atoms with Gasteiger partial charge < -0.3 is 5.32 Å². The van der Waals surface area contributed by atoms with E-state index in [0.717, 1.165) is 12.2 Å². The Bertz CT molecular complexity index is 425. The van der Waals surface area contributed by atoms with Gasteiger partial charge in [-0.1, -0.05) is 31.2 Å². The maximum atomic E-state index is 9.14. The minimum atomic E-state index is -0.419. The van der Waals surface area contributed by atoms with Crippen LogP contribution >= 0.6 is 11.8 Å². The molecule has 0 heterocycles. The first kappa shape index (κ1) is 15.1. The molecule has 2 atom stereocenters. The third kappa shape index (κ3) is 4.36. The van der Waals surface area contributed by atoms with Gasteiger partial charge in [-0.15, -0.1) is 0 Å². The predicted octanol–water partition coefficient (Wildman–Crippen LogP) is 3.51. The first-order chi connectivity index (χ1) is 8.50. The van der Waals surface area contributed by atoms with Crippen molar-refractivity contribution in [2.75, 3.05) is 7.05 Å². The van der Waals surface area contributed by atoms with Crippen LogP contribution in [0.5, 0.6) is 0 Å². The lowest BCUT2D eigenvalue weighted by atomic mass is 9.98. The van der Waals surface area contributed by atoms with Crippen LogP contribution in [0.25, 0.3) is 0 Å². The Morgan fingerprint density at radius 2 is 2.11 bits per heavy atom. The van der Waals surface area contributed by atoms with Crippen molar-refractivity contribution in [3.63, 3.8) is 0 Å². The van der Waals surface area contributed by atoms with E-state index in [4.69, 9.17) is 5.26 Å². The maximum absolute atomic E-state index is 9.14. The Balaban J connectivity index is 2.50. The quantitative estimate of drug-likeness (QED) is 0.852. The van der Waals surface area contributed by atoms with Crippen molar-refractivity contribution in [1.82, 2.24) is 5.32 Å². The zero-order valence-corrected chi connectivity index (χ0v) is 12.5. The molecule has 18 heavy (non-hydrogen) atoms. The smallest absolute Gasteiger partial charge is 0.104 e. The molecule has 0 aliphatic heterocycles. The van der Waals surface area contributed by atoms with Crippen molar-refractivity contribution in [1.29, 1.82) is 5.26 Å². The topological polar surface area (TPSA) is 35.8 Å². The molecule has 3 heteroatoms. The molecule has 0 fully saturated rings. The molecule has 0 saturated heterocycles. The second kappa shape index (κ2) is 6.82. The minimum absolute atomic E-state index is 0.419. The average molecular weight is 262 g/mol. The zero-order valence-electron chi connectivity index (χ0n) is 11.7. The number of hydrogen-bond donors (Lipinski definition) is 1. The highest BCUT2D eigenvalue weighted by atomic mass is 32.2. The van der Waals surface area contributed by atoms with Gasteiger partial charge in [0.15, 0.2) is 0 Å². The lowest BCUT2D eigenvalue weighted by molar-refractivity contribution is 0.455. The van der Waals surface area contributed by atoms with Crippen LogP contribution in [0.3, 0.4) is 0 Å². The fourth-order valence-corrected chi connectivity index (χ4v) is 3.08. The molecule has 1 N–H and O–H groups in total. The van der Waals surface area contributed by atoms with Crippen LogP contribution in [0.2, 0.25) is 0 Å². The van der Waals surface area contributed by atoms with Gasteiger partial charge in [0.05, 0.1) is 6.07 Å². The Labute approximate surface area is 115 Å². The summed E-state index contributed by atoms with van der Waals surface area (Å²) in [4.78, 5) is 0. The second-order valence-corrected chi connectivity index (χ2v) is 6.37. The fraction of sp³-hybridized carbons (Fsp3) is 0.533. The van der Waals surface area contributed by atoms with Crippen molar-refractivity contribution in [3.8, 4) is 6.07 Å². The van der Waals surface area contributed by atoms with Gasteiger partial charge in [0.1, 0.15) is 5.54 Å². The lowest BCUT2D eigenvalue weighted by Crippen LogP contribution is -2.40. The first-order valence-electron chi connectivity index (χ1n) is 6.27. The maximum Gasteiger partial charge on any atom is 0.104 e. The summed E-state index contributed by atoms with van der Waals surface area (Å²) in [6, 6.07) is 10.8. The molecule has 1 aromatic carbocycles. The minimum Gasteiger partial charge on any atom is -0.303 e. The summed E-state index contributed by atoms with van der Waals surface area (Å²) in [5.41, 5.74) is 2.31. The van der Waals surface area contributed by atoms with Crippen molar-refractivity contribution in [3.05, 3.63) is 35.4 Å². The highest BCUT2D eigenvalue weighted by Gasteiger charge is 2.24. The van der Waals surface area contributed by atoms with E-state index >= 15 is 0 Å². The summed E-state index contributed by atoms with van der Waals surface area (Å²) >= 11 is 1.91. The van der Waals surface area contributed by atoms with Gasteiger partial charge >= 0.3 is 0 Å². The lowest BCUT2D eigenvalue weighted by Gasteiger charge is -2.24. The molecule has 0 aliphatic rings. The summed E-state index contributed by atoms with van der Waals surface area (Å²) in [6.07, 6.45) is 0.858. The van der Waals surface area contributed by atoms with Gasteiger partial charge in [0.25, 0.3) is 0 Å². The van der Waals surface area contributed by atoms with Crippen molar-refractivity contribution in [2.45, 2.75) is 43.7 Å². The normalized spacial score (nSPS) is 15.7. The molecule has 0 amide bonds. The average Bonchev–Trinajstić information content (AvgIpc) is 2.37. The van der Waals surface area contributed by atoms with Gasteiger partial charge in [-0.3, -0.25) is 0 Å². The third-order valence-corrected chi connectivity index (χ3v) is 4.49. The van der Waals surface area contributed by atoms with Gasteiger partial charge in [-0.25, -0.2) is 0 Å². The van der Waals surface area contributed by atoms with Crippen LogP contribution in [-0.2, 0) is 5.75 Å². The van der Waals surface area contributed by atoms with Crippen LogP contribution in [0.15, 0.2) is 24.3 Å². The standard InChI is InChI=1S/C15H22N2S/c1-12-7-5-6-8-14(12)10-18-13(2)9-15(3,11-16)17-4/h5-8,13,17H,9-10H2,1-4H3. The van der Waals surface area contributed by atoms with E-state index in [1.54, 1.807) is 0 Å². The number of rotatable bonds is 6. The zero-order chi connectivity index (χ0) is 13.6. The number of hydrogen-bond acceptors (Lipinski definition) is 3. The molecular formula is C15H22N2S. The number of nitrogens with zero attached hydrogens (tertiary/aromatic N) is 1. The van der Waals surface area contributed by atoms with E-state index in [1.165, 1.54) is 11.1 Å². The van der Waals surface area contributed by atoms with E-state index in [9.17, 15) is 0 Å². The molecule has 0 radical (unpaired) electrons. The van der Waals surface area contributed by atoms with E-state index in [-0.39, 0.29) is 0 Å². The van der Waals surface area contributed by atoms with Crippen molar-refractivity contribution < 1.29 is 0 Å². The van der Waals surface area contributed by atoms with E-state index < -0.39 is 5.54 Å². The summed E-state index contributed by atoms with van der Waals surface area (Å²) in [6.45, 7) is 6.29. The van der Waals surface area contributed by atoms with Gasteiger partial charge in [0.2, 0.25) is 0 Å². The van der Waals surface area contributed by atoms with Crippen molar-refractivity contribution >= 4 is 11.8 Å². The Morgan fingerprint density at radius 3 is 2.67 bits per heavy atom. The fourth-order valence-electron chi connectivity index (χ4n) is 1.84. The molecule has 0 aliphatic carbocycles. The highest BCUT2D eigenvalue weighted by molar-refractivity contribution is 7.99. The van der Waals surface area contributed by atoms with Gasteiger partial charge in [0, 0.05) is 11.0 Å². The number of nitrogens with one attached hydrogen (secondary N) is 1. The summed E-state index contributed by atoms with van der Waals surface area (Å²) in [5.74, 6) is 1.01. The van der Waals surface area contributed by atoms with E-state index in [1.807, 2.05) is 25.7 Å². The molecular weight excluding hydrogens is 240 g/mol.